The zero-order valence-corrected chi connectivity index (χ0v) is 15.7. The summed E-state index contributed by atoms with van der Waals surface area (Å²) in [4.78, 5) is 10.7. The predicted molar refractivity (Wildman–Crippen MR) is 100 cm³/mol. The van der Waals surface area contributed by atoms with Gasteiger partial charge in [-0.1, -0.05) is 42.5 Å². The maximum absolute atomic E-state index is 13.3. The van der Waals surface area contributed by atoms with Crippen LogP contribution in [0.25, 0.3) is 0 Å². The van der Waals surface area contributed by atoms with E-state index in [2.05, 4.69) is 0 Å². The maximum atomic E-state index is 13.3. The van der Waals surface area contributed by atoms with Crippen LogP contribution < -0.4 is 5.73 Å². The molecule has 0 amide bonds. The van der Waals surface area contributed by atoms with Gasteiger partial charge in [0.15, 0.2) is 4.90 Å². The number of nitro benzene ring substituents is 1. The van der Waals surface area contributed by atoms with Gasteiger partial charge in [0.2, 0.25) is 10.0 Å². The van der Waals surface area contributed by atoms with Crippen molar-refractivity contribution in [2.75, 3.05) is 13.1 Å². The second-order valence-electron chi connectivity index (χ2n) is 6.10. The Morgan fingerprint density at radius 3 is 2.27 bits per heavy atom. The zero-order valence-electron chi connectivity index (χ0n) is 14.9. The van der Waals surface area contributed by atoms with E-state index < -0.39 is 14.9 Å². The highest BCUT2D eigenvalue weighted by molar-refractivity contribution is 7.89. The van der Waals surface area contributed by atoms with Crippen LogP contribution in [0, 0.1) is 24.0 Å². The molecule has 0 radical (unpaired) electrons. The third-order valence-electron chi connectivity index (χ3n) is 4.12. The van der Waals surface area contributed by atoms with Crippen molar-refractivity contribution in [1.29, 1.82) is 0 Å². The second-order valence-corrected chi connectivity index (χ2v) is 7.98. The molecule has 2 rings (SSSR count). The minimum Gasteiger partial charge on any atom is -0.330 e. The van der Waals surface area contributed by atoms with Gasteiger partial charge in [-0.05, 0) is 37.9 Å². The fourth-order valence-electron chi connectivity index (χ4n) is 2.79. The maximum Gasteiger partial charge on any atom is 0.292 e. The Hall–Kier alpha value is -2.29. The zero-order chi connectivity index (χ0) is 19.3. The van der Waals surface area contributed by atoms with Gasteiger partial charge in [-0.15, -0.1) is 0 Å². The van der Waals surface area contributed by atoms with E-state index in [1.807, 2.05) is 30.3 Å². The third kappa shape index (κ3) is 4.27. The number of hydrogen-bond donors (Lipinski definition) is 1. The summed E-state index contributed by atoms with van der Waals surface area (Å²) < 4.78 is 27.9. The fraction of sp³-hybridized carbons (Fsp3) is 0.333. The third-order valence-corrected chi connectivity index (χ3v) is 6.15. The standard InChI is InChI=1S/C18H23N3O4S/c1-14-9-10-15(2)18(17(14)21(22)23)26(24,25)20(12-6-11-19)13-16-7-4-3-5-8-16/h3-5,7-10H,6,11-13,19H2,1-2H3. The highest BCUT2D eigenvalue weighted by Crippen LogP contribution is 2.33. The molecule has 2 aromatic carbocycles. The van der Waals surface area contributed by atoms with Gasteiger partial charge in [-0.3, -0.25) is 10.1 Å². The largest absolute Gasteiger partial charge is 0.330 e. The quantitative estimate of drug-likeness (QED) is 0.562. The van der Waals surface area contributed by atoms with Crippen molar-refractivity contribution < 1.29 is 13.3 Å². The van der Waals surface area contributed by atoms with E-state index in [0.29, 0.717) is 24.1 Å². The van der Waals surface area contributed by atoms with Crippen LogP contribution in [-0.2, 0) is 16.6 Å². The smallest absolute Gasteiger partial charge is 0.292 e. The van der Waals surface area contributed by atoms with E-state index >= 15 is 0 Å². The molecular formula is C18H23N3O4S. The van der Waals surface area contributed by atoms with Gasteiger partial charge in [0.05, 0.1) is 4.92 Å². The van der Waals surface area contributed by atoms with Gasteiger partial charge in [0, 0.05) is 18.7 Å². The Morgan fingerprint density at radius 2 is 1.69 bits per heavy atom. The van der Waals surface area contributed by atoms with Crippen molar-refractivity contribution in [3.8, 4) is 0 Å². The molecule has 0 spiro atoms. The van der Waals surface area contributed by atoms with Crippen LogP contribution >= 0.6 is 0 Å². The van der Waals surface area contributed by atoms with E-state index in [1.54, 1.807) is 19.1 Å². The highest BCUT2D eigenvalue weighted by Gasteiger charge is 2.34. The molecule has 0 saturated heterocycles. The number of nitrogens with zero attached hydrogens (tertiary/aromatic N) is 2. The molecular weight excluding hydrogens is 354 g/mol. The van der Waals surface area contributed by atoms with Gasteiger partial charge in [0.25, 0.3) is 5.69 Å². The number of benzene rings is 2. The predicted octanol–water partition coefficient (Wildman–Crippen LogP) is 2.75. The first-order valence-electron chi connectivity index (χ1n) is 8.27. The van der Waals surface area contributed by atoms with E-state index in [9.17, 15) is 18.5 Å². The average molecular weight is 377 g/mol. The highest BCUT2D eigenvalue weighted by atomic mass is 32.2. The molecule has 26 heavy (non-hydrogen) atoms. The molecule has 2 aromatic rings. The summed E-state index contributed by atoms with van der Waals surface area (Å²) in [5.74, 6) is 0. The van der Waals surface area contributed by atoms with Crippen molar-refractivity contribution >= 4 is 15.7 Å². The molecule has 0 aliphatic rings. The Balaban J connectivity index is 2.57. The summed E-state index contributed by atoms with van der Waals surface area (Å²) in [5.41, 5.74) is 6.67. The van der Waals surface area contributed by atoms with Crippen LogP contribution in [0.4, 0.5) is 5.69 Å². The Morgan fingerprint density at radius 1 is 1.08 bits per heavy atom. The van der Waals surface area contributed by atoms with Gasteiger partial charge in [-0.25, -0.2) is 8.42 Å². The molecule has 140 valence electrons. The molecule has 0 fully saturated rings. The van der Waals surface area contributed by atoms with Crippen molar-refractivity contribution in [2.24, 2.45) is 5.73 Å². The molecule has 0 bridgehead atoms. The second kappa shape index (κ2) is 8.39. The molecule has 0 heterocycles. The van der Waals surface area contributed by atoms with E-state index in [0.717, 1.165) is 5.56 Å². The molecule has 7 nitrogen and oxygen atoms in total. The molecule has 0 atom stereocenters. The van der Waals surface area contributed by atoms with Crippen molar-refractivity contribution in [1.82, 2.24) is 4.31 Å². The molecule has 0 aliphatic carbocycles. The molecule has 0 aromatic heterocycles. The molecule has 0 unspecified atom stereocenters. The number of rotatable bonds is 8. The van der Waals surface area contributed by atoms with Crippen molar-refractivity contribution in [3.63, 3.8) is 0 Å². The van der Waals surface area contributed by atoms with Crippen LogP contribution in [0.15, 0.2) is 47.4 Å². The van der Waals surface area contributed by atoms with Crippen LogP contribution in [0.3, 0.4) is 0 Å². The summed E-state index contributed by atoms with van der Waals surface area (Å²) in [7, 11) is -4.06. The minimum atomic E-state index is -4.06. The first-order valence-corrected chi connectivity index (χ1v) is 9.71. The Labute approximate surface area is 153 Å². The van der Waals surface area contributed by atoms with Crippen LogP contribution in [0.5, 0.6) is 0 Å². The lowest BCUT2D eigenvalue weighted by atomic mass is 10.1. The number of nitro groups is 1. The van der Waals surface area contributed by atoms with Gasteiger partial charge < -0.3 is 5.73 Å². The van der Waals surface area contributed by atoms with Crippen LogP contribution in [-0.4, -0.2) is 30.7 Å². The summed E-state index contributed by atoms with van der Waals surface area (Å²) >= 11 is 0. The molecule has 2 N–H and O–H groups in total. The van der Waals surface area contributed by atoms with Gasteiger partial charge in [0.1, 0.15) is 0 Å². The number of hydrogen-bond acceptors (Lipinski definition) is 5. The van der Waals surface area contributed by atoms with Crippen molar-refractivity contribution in [2.45, 2.75) is 31.7 Å². The number of nitrogens with two attached hydrogens (primary N) is 1. The summed E-state index contributed by atoms with van der Waals surface area (Å²) in [6.45, 7) is 3.77. The number of sulfonamides is 1. The molecule has 0 aliphatic heterocycles. The van der Waals surface area contributed by atoms with Crippen molar-refractivity contribution in [3.05, 3.63) is 69.3 Å². The van der Waals surface area contributed by atoms with E-state index in [4.69, 9.17) is 5.73 Å². The lowest BCUT2D eigenvalue weighted by molar-refractivity contribution is -0.388. The van der Waals surface area contributed by atoms with E-state index in [-0.39, 0.29) is 23.7 Å². The average Bonchev–Trinajstić information content (AvgIpc) is 2.60. The summed E-state index contributed by atoms with van der Waals surface area (Å²) in [6, 6.07) is 12.3. The first kappa shape index (κ1) is 20.0. The topological polar surface area (TPSA) is 107 Å². The van der Waals surface area contributed by atoms with E-state index in [1.165, 1.54) is 11.2 Å². The first-order chi connectivity index (χ1) is 12.3. The lowest BCUT2D eigenvalue weighted by Gasteiger charge is -2.23. The molecule has 8 heteroatoms. The molecule has 0 saturated carbocycles. The van der Waals surface area contributed by atoms with Crippen LogP contribution in [0.2, 0.25) is 0 Å². The monoisotopic (exact) mass is 377 g/mol. The SMILES string of the molecule is Cc1ccc(C)c(S(=O)(=O)N(CCCN)Cc2ccccc2)c1[N+](=O)[O-]. The minimum absolute atomic E-state index is 0.133. The van der Waals surface area contributed by atoms with Gasteiger partial charge in [-0.2, -0.15) is 4.31 Å². The fourth-order valence-corrected chi connectivity index (χ4v) is 4.69. The normalized spacial score (nSPS) is 11.7. The Bertz CT molecular complexity index is 883. The Kier molecular flexibility index (Phi) is 6.47. The lowest BCUT2D eigenvalue weighted by Crippen LogP contribution is -2.33. The van der Waals surface area contributed by atoms with Gasteiger partial charge >= 0.3 is 0 Å². The van der Waals surface area contributed by atoms with Crippen LogP contribution in [0.1, 0.15) is 23.1 Å². The number of aryl methyl sites for hydroxylation is 2. The summed E-state index contributed by atoms with van der Waals surface area (Å²) in [6.07, 6.45) is 0.463. The summed E-state index contributed by atoms with van der Waals surface area (Å²) in [5, 5.41) is 11.5.